The van der Waals surface area contributed by atoms with Crippen LogP contribution in [0.2, 0.25) is 0 Å². The van der Waals surface area contributed by atoms with Crippen LogP contribution < -0.4 is 4.90 Å². The Kier molecular flexibility index (Phi) is 5.03. The highest BCUT2D eigenvalue weighted by Crippen LogP contribution is 2.32. The van der Waals surface area contributed by atoms with Crippen molar-refractivity contribution in [2.75, 3.05) is 49.1 Å². The largest absolute Gasteiger partial charge is 0.508 e. The standard InChI is InChI=1S/C19H27N3O4S/c23-18-5-3-15(4-6-18)21-10-8-20(9-11-21)13-19(24)22(16-1-2-16)17-7-12-27(25,26)14-17/h3-6,16-17,23H,1-2,7-14H2/t17-/m0/s1. The molecule has 0 aromatic heterocycles. The predicted molar refractivity (Wildman–Crippen MR) is 104 cm³/mol. The van der Waals surface area contributed by atoms with Gasteiger partial charge in [-0.05, 0) is 43.5 Å². The number of nitrogens with zero attached hydrogens (tertiary/aromatic N) is 3. The van der Waals surface area contributed by atoms with E-state index in [1.807, 2.05) is 17.0 Å². The van der Waals surface area contributed by atoms with Gasteiger partial charge in [-0.25, -0.2) is 8.42 Å². The fourth-order valence-corrected chi connectivity index (χ4v) is 5.86. The number of rotatable bonds is 5. The highest BCUT2D eigenvalue weighted by Gasteiger charge is 2.42. The van der Waals surface area contributed by atoms with Crippen molar-refractivity contribution in [2.24, 2.45) is 0 Å². The molecular weight excluding hydrogens is 366 g/mol. The molecule has 2 aliphatic heterocycles. The monoisotopic (exact) mass is 393 g/mol. The van der Waals surface area contributed by atoms with Crippen molar-refractivity contribution in [1.82, 2.24) is 9.80 Å². The Morgan fingerprint density at radius 2 is 1.70 bits per heavy atom. The zero-order valence-corrected chi connectivity index (χ0v) is 16.3. The lowest BCUT2D eigenvalue weighted by Gasteiger charge is -2.37. The normalized spacial score (nSPS) is 25.5. The first kappa shape index (κ1) is 18.6. The molecule has 7 nitrogen and oxygen atoms in total. The maximum Gasteiger partial charge on any atom is 0.237 e. The van der Waals surface area contributed by atoms with Gasteiger partial charge in [-0.2, -0.15) is 0 Å². The Labute approximate surface area is 160 Å². The van der Waals surface area contributed by atoms with Crippen LogP contribution in [0, 0.1) is 0 Å². The third-order valence-electron chi connectivity index (χ3n) is 5.78. The zero-order chi connectivity index (χ0) is 19.0. The molecule has 0 spiro atoms. The first-order chi connectivity index (χ1) is 12.9. The van der Waals surface area contributed by atoms with E-state index in [9.17, 15) is 18.3 Å². The Morgan fingerprint density at radius 1 is 1.04 bits per heavy atom. The minimum atomic E-state index is -2.99. The second-order valence-electron chi connectivity index (χ2n) is 7.87. The number of hydrogen-bond acceptors (Lipinski definition) is 6. The van der Waals surface area contributed by atoms with Gasteiger partial charge in [-0.1, -0.05) is 0 Å². The minimum Gasteiger partial charge on any atom is -0.508 e. The molecule has 0 radical (unpaired) electrons. The molecule has 1 atom stereocenters. The predicted octanol–water partition coefficient (Wildman–Crippen LogP) is 0.692. The summed E-state index contributed by atoms with van der Waals surface area (Å²) in [5.74, 6) is 0.679. The molecular formula is C19H27N3O4S. The SMILES string of the molecule is O=C(CN1CCN(c2ccc(O)cc2)CC1)N(C1CC1)[C@H]1CCS(=O)(=O)C1. The zero-order valence-electron chi connectivity index (χ0n) is 15.5. The first-order valence-electron chi connectivity index (χ1n) is 9.69. The van der Waals surface area contributed by atoms with Gasteiger partial charge in [-0.15, -0.1) is 0 Å². The third-order valence-corrected chi connectivity index (χ3v) is 7.53. The van der Waals surface area contributed by atoms with Crippen LogP contribution in [0.15, 0.2) is 24.3 Å². The number of benzene rings is 1. The van der Waals surface area contributed by atoms with Crippen LogP contribution in [0.25, 0.3) is 0 Å². The van der Waals surface area contributed by atoms with Crippen LogP contribution >= 0.6 is 0 Å². The average molecular weight is 394 g/mol. The summed E-state index contributed by atoms with van der Waals surface area (Å²) in [6.45, 7) is 3.64. The van der Waals surface area contributed by atoms with E-state index in [2.05, 4.69) is 9.80 Å². The molecule has 8 heteroatoms. The Hall–Kier alpha value is -1.80. The Balaban J connectivity index is 1.32. The van der Waals surface area contributed by atoms with Crippen molar-refractivity contribution in [2.45, 2.75) is 31.3 Å². The van der Waals surface area contributed by atoms with Crippen molar-refractivity contribution in [3.05, 3.63) is 24.3 Å². The number of phenols is 1. The summed E-state index contributed by atoms with van der Waals surface area (Å²) in [7, 11) is -2.99. The van der Waals surface area contributed by atoms with Crippen LogP contribution in [0.5, 0.6) is 5.75 Å². The molecule has 1 aliphatic carbocycles. The van der Waals surface area contributed by atoms with Gasteiger partial charge >= 0.3 is 0 Å². The Morgan fingerprint density at radius 3 is 2.26 bits per heavy atom. The molecule has 0 unspecified atom stereocenters. The summed E-state index contributed by atoms with van der Waals surface area (Å²) in [5, 5.41) is 9.41. The van der Waals surface area contributed by atoms with Crippen LogP contribution in [-0.4, -0.2) is 85.5 Å². The van der Waals surface area contributed by atoms with Crippen LogP contribution in [0.1, 0.15) is 19.3 Å². The summed E-state index contributed by atoms with van der Waals surface area (Å²) in [6, 6.07) is 7.31. The molecule has 1 aromatic rings. The number of piperazine rings is 1. The van der Waals surface area contributed by atoms with Crippen molar-refractivity contribution in [3.63, 3.8) is 0 Å². The number of amides is 1. The molecule has 148 valence electrons. The van der Waals surface area contributed by atoms with E-state index < -0.39 is 9.84 Å². The molecule has 4 rings (SSSR count). The van der Waals surface area contributed by atoms with Gasteiger partial charge in [0.05, 0.1) is 18.1 Å². The van der Waals surface area contributed by atoms with Crippen LogP contribution in [-0.2, 0) is 14.6 Å². The Bertz CT molecular complexity index is 784. The first-order valence-corrected chi connectivity index (χ1v) is 11.5. The highest BCUT2D eigenvalue weighted by atomic mass is 32.2. The van der Waals surface area contributed by atoms with Crippen molar-refractivity contribution >= 4 is 21.4 Å². The van der Waals surface area contributed by atoms with Crippen molar-refractivity contribution in [3.8, 4) is 5.75 Å². The van der Waals surface area contributed by atoms with E-state index in [-0.39, 0.29) is 35.2 Å². The lowest BCUT2D eigenvalue weighted by atomic mass is 10.2. The van der Waals surface area contributed by atoms with Gasteiger partial charge in [0.15, 0.2) is 9.84 Å². The number of aromatic hydroxyl groups is 1. The molecule has 2 saturated heterocycles. The van der Waals surface area contributed by atoms with E-state index >= 15 is 0 Å². The van der Waals surface area contributed by atoms with E-state index in [1.54, 1.807) is 12.1 Å². The third kappa shape index (κ3) is 4.38. The van der Waals surface area contributed by atoms with Gasteiger partial charge in [0, 0.05) is 44.0 Å². The van der Waals surface area contributed by atoms with Gasteiger partial charge in [-0.3, -0.25) is 9.69 Å². The smallest absolute Gasteiger partial charge is 0.237 e. The summed E-state index contributed by atoms with van der Waals surface area (Å²) in [6.07, 6.45) is 2.58. The number of anilines is 1. The summed E-state index contributed by atoms with van der Waals surface area (Å²) in [4.78, 5) is 19.2. The van der Waals surface area contributed by atoms with E-state index in [1.165, 1.54) is 0 Å². The quantitative estimate of drug-likeness (QED) is 0.793. The summed E-state index contributed by atoms with van der Waals surface area (Å²) < 4.78 is 23.6. The maximum absolute atomic E-state index is 12.9. The topological polar surface area (TPSA) is 81.2 Å². The molecule has 3 aliphatic rings. The molecule has 1 amide bonds. The molecule has 3 fully saturated rings. The van der Waals surface area contributed by atoms with Gasteiger partial charge in [0.25, 0.3) is 0 Å². The van der Waals surface area contributed by atoms with E-state index in [4.69, 9.17) is 0 Å². The number of carbonyl (C=O) groups is 1. The van der Waals surface area contributed by atoms with Crippen LogP contribution in [0.3, 0.4) is 0 Å². The van der Waals surface area contributed by atoms with Gasteiger partial charge in [0.1, 0.15) is 5.75 Å². The molecule has 1 N–H and O–H groups in total. The van der Waals surface area contributed by atoms with Gasteiger partial charge in [0.2, 0.25) is 5.91 Å². The van der Waals surface area contributed by atoms with E-state index in [0.29, 0.717) is 13.0 Å². The average Bonchev–Trinajstić information content (AvgIpc) is 3.39. The van der Waals surface area contributed by atoms with Crippen molar-refractivity contribution < 1.29 is 18.3 Å². The number of phenolic OH excluding ortho intramolecular Hbond substituents is 1. The van der Waals surface area contributed by atoms with Crippen molar-refractivity contribution in [1.29, 1.82) is 0 Å². The molecule has 27 heavy (non-hydrogen) atoms. The second kappa shape index (κ2) is 7.31. The van der Waals surface area contributed by atoms with Gasteiger partial charge < -0.3 is 14.9 Å². The minimum absolute atomic E-state index is 0.0812. The fraction of sp³-hybridized carbons (Fsp3) is 0.632. The molecule has 1 saturated carbocycles. The summed E-state index contributed by atoms with van der Waals surface area (Å²) >= 11 is 0. The summed E-state index contributed by atoms with van der Waals surface area (Å²) in [5.41, 5.74) is 1.08. The number of sulfone groups is 1. The van der Waals surface area contributed by atoms with E-state index in [0.717, 1.165) is 44.7 Å². The lowest BCUT2D eigenvalue weighted by Crippen LogP contribution is -2.52. The number of hydrogen-bond donors (Lipinski definition) is 1. The maximum atomic E-state index is 12.9. The fourth-order valence-electron chi connectivity index (χ4n) is 4.15. The molecule has 0 bridgehead atoms. The van der Waals surface area contributed by atoms with Crippen LogP contribution in [0.4, 0.5) is 5.69 Å². The molecule has 2 heterocycles. The second-order valence-corrected chi connectivity index (χ2v) is 10.1. The lowest BCUT2D eigenvalue weighted by molar-refractivity contribution is -0.135. The molecule has 1 aromatic carbocycles. The highest BCUT2D eigenvalue weighted by molar-refractivity contribution is 7.91. The number of carbonyl (C=O) groups excluding carboxylic acids is 1.